The molecule has 0 fully saturated rings. The van der Waals surface area contributed by atoms with Crippen LogP contribution in [0, 0.1) is 0 Å². The molecule has 15 heavy (non-hydrogen) atoms. The van der Waals surface area contributed by atoms with Crippen molar-refractivity contribution in [2.75, 3.05) is 0 Å². The molecule has 0 aromatic carbocycles. The van der Waals surface area contributed by atoms with Crippen molar-refractivity contribution < 1.29 is 0 Å². The largest absolute Gasteiger partial charge is 0.336 e. The zero-order valence-electron chi connectivity index (χ0n) is 9.70. The van der Waals surface area contributed by atoms with Gasteiger partial charge in [0.25, 0.3) is 0 Å². The monoisotopic (exact) mass is 200 g/mol. The molecule has 0 saturated heterocycles. The van der Waals surface area contributed by atoms with Crippen molar-refractivity contribution in [3.05, 3.63) is 35.7 Å². The summed E-state index contributed by atoms with van der Waals surface area (Å²) in [5.41, 5.74) is 4.91. The van der Waals surface area contributed by atoms with Crippen molar-refractivity contribution in [2.24, 2.45) is 7.05 Å². The highest BCUT2D eigenvalue weighted by Gasteiger charge is 2.03. The highest BCUT2D eigenvalue weighted by molar-refractivity contribution is 5.81. The minimum Gasteiger partial charge on any atom is -0.336 e. The molecule has 0 bridgehead atoms. The normalized spacial score (nSPS) is 10.7. The minimum absolute atomic E-state index is 1.04. The number of fused-ring (bicyclic) bond motifs is 1. The van der Waals surface area contributed by atoms with Crippen molar-refractivity contribution in [1.82, 2.24) is 9.55 Å². The third-order valence-corrected chi connectivity index (χ3v) is 2.89. The Bertz CT molecular complexity index is 528. The molecule has 2 heterocycles. The van der Waals surface area contributed by atoms with Gasteiger partial charge in [0, 0.05) is 24.8 Å². The lowest BCUT2D eigenvalue weighted by Gasteiger charge is -2.04. The van der Waals surface area contributed by atoms with Crippen molar-refractivity contribution in [3.8, 4) is 0 Å². The minimum atomic E-state index is 1.04. The molecular formula is C13H16N2. The van der Waals surface area contributed by atoms with Gasteiger partial charge in [0.1, 0.15) is 5.65 Å². The number of rotatable bonds is 1. The van der Waals surface area contributed by atoms with E-state index in [4.69, 9.17) is 0 Å². The predicted octanol–water partition coefficient (Wildman–Crippen LogP) is 3.39. The fourth-order valence-corrected chi connectivity index (χ4v) is 1.65. The first kappa shape index (κ1) is 9.97. The lowest BCUT2D eigenvalue weighted by Crippen LogP contribution is -1.89. The van der Waals surface area contributed by atoms with Crippen LogP contribution >= 0.6 is 0 Å². The van der Waals surface area contributed by atoms with Crippen LogP contribution in [0.5, 0.6) is 0 Å². The first-order valence-electron chi connectivity index (χ1n) is 5.15. The third kappa shape index (κ3) is 1.67. The van der Waals surface area contributed by atoms with Crippen LogP contribution in [0.25, 0.3) is 16.6 Å². The van der Waals surface area contributed by atoms with E-state index >= 15 is 0 Å². The fourth-order valence-electron chi connectivity index (χ4n) is 1.65. The molecule has 0 aliphatic carbocycles. The van der Waals surface area contributed by atoms with Crippen molar-refractivity contribution in [2.45, 2.75) is 20.8 Å². The van der Waals surface area contributed by atoms with E-state index in [2.05, 4.69) is 37.9 Å². The van der Waals surface area contributed by atoms with Crippen molar-refractivity contribution in [1.29, 1.82) is 0 Å². The van der Waals surface area contributed by atoms with Gasteiger partial charge < -0.3 is 4.57 Å². The molecule has 2 aromatic heterocycles. The smallest absolute Gasteiger partial charge is 0.139 e. The third-order valence-electron chi connectivity index (χ3n) is 2.89. The maximum Gasteiger partial charge on any atom is 0.139 e. The summed E-state index contributed by atoms with van der Waals surface area (Å²) in [6.07, 6.45) is 3.99. The van der Waals surface area contributed by atoms with Gasteiger partial charge in [0.05, 0.1) is 0 Å². The van der Waals surface area contributed by atoms with Gasteiger partial charge in [-0.3, -0.25) is 0 Å². The molecule has 2 nitrogen and oxygen atoms in total. The first-order valence-corrected chi connectivity index (χ1v) is 5.15. The molecule has 0 unspecified atom stereocenters. The van der Waals surface area contributed by atoms with Crippen LogP contribution in [0.4, 0.5) is 0 Å². The summed E-state index contributed by atoms with van der Waals surface area (Å²) in [5.74, 6) is 0. The maximum atomic E-state index is 4.47. The Kier molecular flexibility index (Phi) is 2.35. The zero-order chi connectivity index (χ0) is 11.0. The first-order chi connectivity index (χ1) is 7.09. The van der Waals surface area contributed by atoms with Crippen LogP contribution in [-0.4, -0.2) is 9.55 Å². The lowest BCUT2D eigenvalue weighted by atomic mass is 10.0. The number of nitrogens with zero attached hydrogens (tertiary/aromatic N) is 2. The number of hydrogen-bond donors (Lipinski definition) is 0. The van der Waals surface area contributed by atoms with E-state index < -0.39 is 0 Å². The number of aryl methyl sites for hydroxylation is 1. The molecule has 0 spiro atoms. The zero-order valence-corrected chi connectivity index (χ0v) is 9.70. The standard InChI is InChI=1S/C13H16N2/c1-9(2)10(3)12-7-11-5-6-15(4)13(11)14-8-12/h5-8H,1-4H3. The van der Waals surface area contributed by atoms with Crippen molar-refractivity contribution in [3.63, 3.8) is 0 Å². The van der Waals surface area contributed by atoms with E-state index in [1.54, 1.807) is 0 Å². The Balaban J connectivity index is 2.62. The van der Waals surface area contributed by atoms with Crippen LogP contribution in [0.15, 0.2) is 30.1 Å². The number of allylic oxidation sites excluding steroid dienone is 2. The number of hydrogen-bond acceptors (Lipinski definition) is 1. The Labute approximate surface area is 90.3 Å². The van der Waals surface area contributed by atoms with Crippen LogP contribution in [-0.2, 0) is 7.05 Å². The van der Waals surface area contributed by atoms with Gasteiger partial charge in [-0.1, -0.05) is 5.57 Å². The van der Waals surface area contributed by atoms with E-state index in [0.29, 0.717) is 0 Å². The van der Waals surface area contributed by atoms with E-state index in [1.807, 2.05) is 24.0 Å². The summed E-state index contributed by atoms with van der Waals surface area (Å²) in [7, 11) is 2.02. The van der Waals surface area contributed by atoms with Gasteiger partial charge in [0.2, 0.25) is 0 Å². The van der Waals surface area contributed by atoms with Crippen molar-refractivity contribution >= 4 is 16.6 Å². The van der Waals surface area contributed by atoms with E-state index in [9.17, 15) is 0 Å². The molecule has 0 amide bonds. The molecule has 2 heteroatoms. The SMILES string of the molecule is CC(C)=C(C)c1cnc2c(ccn2C)c1. The Morgan fingerprint density at radius 1 is 1.27 bits per heavy atom. The van der Waals surface area contributed by atoms with E-state index in [-0.39, 0.29) is 0 Å². The van der Waals surface area contributed by atoms with Gasteiger partial charge in [-0.15, -0.1) is 0 Å². The van der Waals surface area contributed by atoms with Crippen LogP contribution < -0.4 is 0 Å². The van der Waals surface area contributed by atoms with Crippen LogP contribution in [0.2, 0.25) is 0 Å². The molecule has 0 aliphatic heterocycles. The van der Waals surface area contributed by atoms with E-state index in [1.165, 1.54) is 22.1 Å². The molecule has 0 atom stereocenters. The second kappa shape index (κ2) is 3.54. The van der Waals surface area contributed by atoms with Gasteiger partial charge in [-0.2, -0.15) is 0 Å². The second-order valence-electron chi connectivity index (χ2n) is 4.19. The summed E-state index contributed by atoms with van der Waals surface area (Å²) in [6, 6.07) is 4.30. The molecular weight excluding hydrogens is 184 g/mol. The number of pyridine rings is 1. The predicted molar refractivity (Wildman–Crippen MR) is 64.7 cm³/mol. The molecule has 78 valence electrons. The highest BCUT2D eigenvalue weighted by Crippen LogP contribution is 2.21. The lowest BCUT2D eigenvalue weighted by molar-refractivity contribution is 0.948. The quantitative estimate of drug-likeness (QED) is 0.690. The Hall–Kier alpha value is -1.57. The van der Waals surface area contributed by atoms with Gasteiger partial charge in [0.15, 0.2) is 0 Å². The molecule has 2 rings (SSSR count). The van der Waals surface area contributed by atoms with Gasteiger partial charge in [-0.25, -0.2) is 4.98 Å². The summed E-state index contributed by atoms with van der Waals surface area (Å²) in [6.45, 7) is 6.40. The Morgan fingerprint density at radius 3 is 2.67 bits per heavy atom. The van der Waals surface area contributed by atoms with Crippen LogP contribution in [0.3, 0.4) is 0 Å². The van der Waals surface area contributed by atoms with Crippen LogP contribution in [0.1, 0.15) is 26.3 Å². The maximum absolute atomic E-state index is 4.47. The average Bonchev–Trinajstić information content (AvgIpc) is 2.59. The number of aromatic nitrogens is 2. The molecule has 0 N–H and O–H groups in total. The topological polar surface area (TPSA) is 17.8 Å². The molecule has 2 aromatic rings. The summed E-state index contributed by atoms with van der Waals surface area (Å²) in [4.78, 5) is 4.47. The van der Waals surface area contributed by atoms with Gasteiger partial charge in [-0.05, 0) is 44.0 Å². The highest BCUT2D eigenvalue weighted by atomic mass is 15.0. The summed E-state index contributed by atoms with van der Waals surface area (Å²) >= 11 is 0. The molecule has 0 saturated carbocycles. The Morgan fingerprint density at radius 2 is 2.00 bits per heavy atom. The second-order valence-corrected chi connectivity index (χ2v) is 4.19. The molecule has 0 aliphatic rings. The van der Waals surface area contributed by atoms with Gasteiger partial charge >= 0.3 is 0 Å². The summed E-state index contributed by atoms with van der Waals surface area (Å²) in [5, 5.41) is 1.20. The fraction of sp³-hybridized carbons (Fsp3) is 0.308. The summed E-state index contributed by atoms with van der Waals surface area (Å²) < 4.78 is 2.04. The van der Waals surface area contributed by atoms with E-state index in [0.717, 1.165) is 5.65 Å². The molecule has 0 radical (unpaired) electrons. The average molecular weight is 200 g/mol.